The van der Waals surface area contributed by atoms with Crippen molar-refractivity contribution >= 4 is 11.8 Å². The van der Waals surface area contributed by atoms with Gasteiger partial charge in [-0.2, -0.15) is 0 Å². The standard InChI is InChI=1S/C19H22N4O3/c24-16-4-3-14(22-9-1-2-10-22)13-15(16)17(25)23-11-5-19(6-12-23)18(26)20-7-8-21-19/h1-4,9-10,13,21,24H,5-8,11-12H2,(H,20,26). The van der Waals surface area contributed by atoms with E-state index in [4.69, 9.17) is 0 Å². The molecule has 2 aliphatic heterocycles. The number of phenols is 1. The monoisotopic (exact) mass is 354 g/mol. The number of likely N-dealkylation sites (tertiary alicyclic amines) is 1. The topological polar surface area (TPSA) is 86.6 Å². The molecule has 0 atom stereocenters. The Hall–Kier alpha value is -2.80. The predicted octanol–water partition coefficient (Wildman–Crippen LogP) is 0.877. The van der Waals surface area contributed by atoms with Gasteiger partial charge in [0.2, 0.25) is 5.91 Å². The van der Waals surface area contributed by atoms with Crippen molar-refractivity contribution in [2.45, 2.75) is 18.4 Å². The highest BCUT2D eigenvalue weighted by molar-refractivity contribution is 5.98. The summed E-state index contributed by atoms with van der Waals surface area (Å²) >= 11 is 0. The molecule has 136 valence electrons. The number of aromatic hydroxyl groups is 1. The molecular weight excluding hydrogens is 332 g/mol. The van der Waals surface area contributed by atoms with Crippen LogP contribution in [0.1, 0.15) is 23.2 Å². The van der Waals surface area contributed by atoms with Gasteiger partial charge in [0.15, 0.2) is 0 Å². The van der Waals surface area contributed by atoms with Crippen LogP contribution < -0.4 is 10.6 Å². The highest BCUT2D eigenvalue weighted by Crippen LogP contribution is 2.28. The molecule has 7 nitrogen and oxygen atoms in total. The van der Waals surface area contributed by atoms with Crippen LogP contribution in [0.2, 0.25) is 0 Å². The quantitative estimate of drug-likeness (QED) is 0.747. The average Bonchev–Trinajstić information content (AvgIpc) is 3.20. The van der Waals surface area contributed by atoms with Crippen LogP contribution in [0.3, 0.4) is 0 Å². The number of hydrogen-bond donors (Lipinski definition) is 3. The highest BCUT2D eigenvalue weighted by Gasteiger charge is 2.43. The Morgan fingerprint density at radius 2 is 1.85 bits per heavy atom. The SMILES string of the molecule is O=C(c1cc(-n2cccc2)ccc1O)N1CCC2(CC1)NCCNC2=O. The summed E-state index contributed by atoms with van der Waals surface area (Å²) in [5.41, 5.74) is 0.538. The number of piperidine rings is 1. The van der Waals surface area contributed by atoms with Crippen molar-refractivity contribution in [3.8, 4) is 11.4 Å². The molecule has 0 unspecified atom stereocenters. The minimum atomic E-state index is -0.565. The van der Waals surface area contributed by atoms with Crippen LogP contribution in [0.15, 0.2) is 42.7 Å². The molecule has 1 aromatic carbocycles. The van der Waals surface area contributed by atoms with E-state index in [2.05, 4.69) is 10.6 Å². The van der Waals surface area contributed by atoms with Crippen molar-refractivity contribution in [2.75, 3.05) is 26.2 Å². The van der Waals surface area contributed by atoms with Gasteiger partial charge in [-0.1, -0.05) is 0 Å². The number of phenolic OH excluding ortho intramolecular Hbond substituents is 1. The maximum Gasteiger partial charge on any atom is 0.257 e. The van der Waals surface area contributed by atoms with Gasteiger partial charge in [-0.25, -0.2) is 0 Å². The lowest BCUT2D eigenvalue weighted by molar-refractivity contribution is -0.131. The number of aromatic nitrogens is 1. The minimum Gasteiger partial charge on any atom is -0.507 e. The van der Waals surface area contributed by atoms with Gasteiger partial charge in [-0.05, 0) is 43.2 Å². The summed E-state index contributed by atoms with van der Waals surface area (Å²) in [5.74, 6) is -0.212. The number of rotatable bonds is 2. The van der Waals surface area contributed by atoms with Gasteiger partial charge in [-0.3, -0.25) is 9.59 Å². The molecule has 0 saturated carbocycles. The van der Waals surface area contributed by atoms with Crippen molar-refractivity contribution in [1.82, 2.24) is 20.1 Å². The van der Waals surface area contributed by atoms with E-state index >= 15 is 0 Å². The number of piperazine rings is 1. The Balaban J connectivity index is 1.52. The van der Waals surface area contributed by atoms with E-state index < -0.39 is 5.54 Å². The summed E-state index contributed by atoms with van der Waals surface area (Å²) in [6, 6.07) is 8.83. The van der Waals surface area contributed by atoms with Crippen LogP contribution in [-0.4, -0.2) is 58.1 Å². The van der Waals surface area contributed by atoms with E-state index in [-0.39, 0.29) is 23.1 Å². The number of carbonyl (C=O) groups excluding carboxylic acids is 2. The predicted molar refractivity (Wildman–Crippen MR) is 96.3 cm³/mol. The Morgan fingerprint density at radius 1 is 1.12 bits per heavy atom. The summed E-state index contributed by atoms with van der Waals surface area (Å²) in [7, 11) is 0. The molecule has 3 N–H and O–H groups in total. The fourth-order valence-corrected chi connectivity index (χ4v) is 3.76. The van der Waals surface area contributed by atoms with Crippen LogP contribution >= 0.6 is 0 Å². The molecule has 2 amide bonds. The normalized spacial score (nSPS) is 19.4. The van der Waals surface area contributed by atoms with E-state index in [0.29, 0.717) is 32.5 Å². The third-order valence-corrected chi connectivity index (χ3v) is 5.33. The molecule has 1 spiro atoms. The van der Waals surface area contributed by atoms with Gasteiger partial charge in [0.05, 0.1) is 5.56 Å². The highest BCUT2D eigenvalue weighted by atomic mass is 16.3. The number of nitrogens with zero attached hydrogens (tertiary/aromatic N) is 2. The zero-order valence-corrected chi connectivity index (χ0v) is 14.4. The second-order valence-electron chi connectivity index (χ2n) is 6.85. The lowest BCUT2D eigenvalue weighted by Gasteiger charge is -2.43. The Labute approximate surface area is 151 Å². The minimum absolute atomic E-state index is 0.0216. The maximum absolute atomic E-state index is 12.9. The van der Waals surface area contributed by atoms with Crippen molar-refractivity contribution < 1.29 is 14.7 Å². The molecule has 0 radical (unpaired) electrons. The van der Waals surface area contributed by atoms with E-state index in [0.717, 1.165) is 12.2 Å². The van der Waals surface area contributed by atoms with Gasteiger partial charge in [0.1, 0.15) is 11.3 Å². The summed E-state index contributed by atoms with van der Waals surface area (Å²) < 4.78 is 1.89. The number of benzene rings is 1. The molecule has 0 aliphatic carbocycles. The number of amides is 2. The molecular formula is C19H22N4O3. The van der Waals surface area contributed by atoms with Crippen molar-refractivity contribution in [3.63, 3.8) is 0 Å². The maximum atomic E-state index is 12.9. The molecule has 1 aromatic heterocycles. The van der Waals surface area contributed by atoms with Crippen LogP contribution in [0, 0.1) is 0 Å². The van der Waals surface area contributed by atoms with Crippen LogP contribution in [0.5, 0.6) is 5.75 Å². The average molecular weight is 354 g/mol. The van der Waals surface area contributed by atoms with Gasteiger partial charge in [0.25, 0.3) is 5.91 Å². The van der Waals surface area contributed by atoms with E-state index in [1.54, 1.807) is 23.1 Å². The smallest absolute Gasteiger partial charge is 0.257 e. The third-order valence-electron chi connectivity index (χ3n) is 5.33. The first-order valence-corrected chi connectivity index (χ1v) is 8.88. The molecule has 7 heteroatoms. The lowest BCUT2D eigenvalue weighted by atomic mass is 9.85. The number of carbonyl (C=O) groups is 2. The van der Waals surface area contributed by atoms with E-state index in [1.165, 1.54) is 0 Å². The summed E-state index contributed by atoms with van der Waals surface area (Å²) in [6.07, 6.45) is 4.92. The van der Waals surface area contributed by atoms with Crippen LogP contribution in [0.4, 0.5) is 0 Å². The van der Waals surface area contributed by atoms with E-state index in [1.807, 2.05) is 29.1 Å². The Morgan fingerprint density at radius 3 is 2.54 bits per heavy atom. The molecule has 2 saturated heterocycles. The van der Waals surface area contributed by atoms with Crippen molar-refractivity contribution in [3.05, 3.63) is 48.3 Å². The largest absolute Gasteiger partial charge is 0.507 e. The summed E-state index contributed by atoms with van der Waals surface area (Å²) in [4.78, 5) is 26.9. The van der Waals surface area contributed by atoms with Crippen LogP contribution in [-0.2, 0) is 4.79 Å². The van der Waals surface area contributed by atoms with Gasteiger partial charge < -0.3 is 25.2 Å². The third kappa shape index (κ3) is 2.84. The van der Waals surface area contributed by atoms with Gasteiger partial charge in [-0.15, -0.1) is 0 Å². The number of hydrogen-bond acceptors (Lipinski definition) is 4. The first-order valence-electron chi connectivity index (χ1n) is 8.88. The fraction of sp³-hybridized carbons (Fsp3) is 0.368. The first-order chi connectivity index (χ1) is 12.6. The van der Waals surface area contributed by atoms with E-state index in [9.17, 15) is 14.7 Å². The second-order valence-corrected chi connectivity index (χ2v) is 6.85. The molecule has 26 heavy (non-hydrogen) atoms. The molecule has 4 rings (SSSR count). The molecule has 0 bridgehead atoms. The molecule has 2 aromatic rings. The molecule has 3 heterocycles. The Bertz CT molecular complexity index is 823. The van der Waals surface area contributed by atoms with Gasteiger partial charge in [0, 0.05) is 44.3 Å². The van der Waals surface area contributed by atoms with Gasteiger partial charge >= 0.3 is 0 Å². The molecule has 2 aliphatic rings. The number of nitrogens with one attached hydrogen (secondary N) is 2. The van der Waals surface area contributed by atoms with Crippen LogP contribution in [0.25, 0.3) is 5.69 Å². The first kappa shape index (κ1) is 16.7. The zero-order chi connectivity index (χ0) is 18.1. The zero-order valence-electron chi connectivity index (χ0n) is 14.4. The molecule has 2 fully saturated rings. The summed E-state index contributed by atoms with van der Waals surface area (Å²) in [6.45, 7) is 2.35. The lowest BCUT2D eigenvalue weighted by Crippen LogP contribution is -2.66. The Kier molecular flexibility index (Phi) is 4.16. The summed E-state index contributed by atoms with van der Waals surface area (Å²) in [5, 5.41) is 16.4. The van der Waals surface area contributed by atoms with Crippen molar-refractivity contribution in [1.29, 1.82) is 0 Å². The van der Waals surface area contributed by atoms with Crippen molar-refractivity contribution in [2.24, 2.45) is 0 Å². The second kappa shape index (κ2) is 6.49. The fourth-order valence-electron chi connectivity index (χ4n) is 3.76.